The molecule has 17 heavy (non-hydrogen) atoms. The van der Waals surface area contributed by atoms with Gasteiger partial charge in [-0.3, -0.25) is 0 Å². The summed E-state index contributed by atoms with van der Waals surface area (Å²) in [7, 11) is 0. The van der Waals surface area contributed by atoms with Crippen LogP contribution in [0.5, 0.6) is 0 Å². The predicted molar refractivity (Wildman–Crippen MR) is 62.3 cm³/mol. The van der Waals surface area contributed by atoms with E-state index in [1.54, 1.807) is 12.1 Å². The second-order valence-corrected chi connectivity index (χ2v) is 4.12. The third kappa shape index (κ3) is 3.27. The monoisotopic (exact) mass is 235 g/mol. The van der Waals surface area contributed by atoms with E-state index in [1.807, 2.05) is 13.8 Å². The van der Waals surface area contributed by atoms with E-state index >= 15 is 0 Å². The van der Waals surface area contributed by atoms with E-state index in [0.717, 1.165) is 5.56 Å². The number of aromatic nitrogens is 2. The Morgan fingerprint density at radius 2 is 2.00 bits per heavy atom. The van der Waals surface area contributed by atoms with Gasteiger partial charge in [-0.2, -0.15) is 4.98 Å². The first-order valence-corrected chi connectivity index (χ1v) is 5.47. The van der Waals surface area contributed by atoms with Crippen LogP contribution in [0.3, 0.4) is 0 Å². The van der Waals surface area contributed by atoms with Crippen LogP contribution in [0.15, 0.2) is 28.8 Å². The van der Waals surface area contributed by atoms with Crippen molar-refractivity contribution >= 4 is 6.01 Å². The number of nitrogens with zero attached hydrogens (tertiary/aromatic N) is 2. The summed E-state index contributed by atoms with van der Waals surface area (Å²) in [5, 5.41) is 6.86. The molecule has 1 N–H and O–H groups in total. The molecule has 0 bridgehead atoms. The van der Waals surface area contributed by atoms with Gasteiger partial charge in [0.25, 0.3) is 0 Å². The fourth-order valence-corrected chi connectivity index (χ4v) is 1.42. The topological polar surface area (TPSA) is 51.0 Å². The van der Waals surface area contributed by atoms with Crippen molar-refractivity contribution in [2.24, 2.45) is 0 Å². The lowest BCUT2D eigenvalue weighted by molar-refractivity contribution is 0.421. The van der Waals surface area contributed by atoms with Crippen LogP contribution >= 0.6 is 0 Å². The van der Waals surface area contributed by atoms with E-state index in [-0.39, 0.29) is 11.9 Å². The Morgan fingerprint density at radius 1 is 1.29 bits per heavy atom. The molecule has 0 radical (unpaired) electrons. The quantitative estimate of drug-likeness (QED) is 0.885. The third-order valence-corrected chi connectivity index (χ3v) is 2.16. The average molecular weight is 235 g/mol. The molecule has 0 atom stereocenters. The summed E-state index contributed by atoms with van der Waals surface area (Å²) in [6.07, 6.45) is 0.531. The summed E-state index contributed by atoms with van der Waals surface area (Å²) in [6, 6.07) is 6.92. The maximum Gasteiger partial charge on any atom is 0.321 e. The molecule has 1 heterocycles. The number of anilines is 1. The minimum atomic E-state index is -0.246. The molecule has 0 aliphatic rings. The maximum atomic E-state index is 12.7. The molecule has 0 amide bonds. The van der Waals surface area contributed by atoms with Crippen molar-refractivity contribution < 1.29 is 8.91 Å². The normalized spacial score (nSPS) is 10.8. The highest BCUT2D eigenvalue weighted by atomic mass is 19.1. The van der Waals surface area contributed by atoms with Crippen molar-refractivity contribution in [2.75, 3.05) is 5.32 Å². The van der Waals surface area contributed by atoms with Gasteiger partial charge in [0.05, 0.1) is 0 Å². The Labute approximate surface area is 98.8 Å². The molecule has 1 aromatic carbocycles. The maximum absolute atomic E-state index is 12.7. The van der Waals surface area contributed by atoms with Crippen LogP contribution in [0.1, 0.15) is 25.2 Å². The van der Waals surface area contributed by atoms with E-state index in [1.165, 1.54) is 12.1 Å². The summed E-state index contributed by atoms with van der Waals surface area (Å²) in [6.45, 7) is 3.98. The number of hydrogen-bond donors (Lipinski definition) is 1. The van der Waals surface area contributed by atoms with Gasteiger partial charge in [0.1, 0.15) is 5.82 Å². The Hall–Kier alpha value is -1.91. The fraction of sp³-hybridized carbons (Fsp3) is 0.333. The van der Waals surface area contributed by atoms with Gasteiger partial charge in [0, 0.05) is 12.5 Å². The molecule has 0 spiro atoms. The van der Waals surface area contributed by atoms with Gasteiger partial charge in [-0.05, 0) is 31.5 Å². The van der Waals surface area contributed by atoms with E-state index in [4.69, 9.17) is 4.52 Å². The summed E-state index contributed by atoms with van der Waals surface area (Å²) in [5.41, 5.74) is 0.947. The standard InChI is InChI=1S/C12H14FN3O/c1-8(2)14-12-15-11(16-17-12)7-9-3-5-10(13)6-4-9/h3-6,8H,7H2,1-2H3,(H,14,15,16). The van der Waals surface area contributed by atoms with Crippen molar-refractivity contribution in [1.29, 1.82) is 0 Å². The van der Waals surface area contributed by atoms with Crippen LogP contribution in [0, 0.1) is 5.82 Å². The number of nitrogens with one attached hydrogen (secondary N) is 1. The Balaban J connectivity index is 2.03. The molecule has 0 fully saturated rings. The van der Waals surface area contributed by atoms with E-state index in [0.29, 0.717) is 18.3 Å². The van der Waals surface area contributed by atoms with Crippen LogP contribution in [0.4, 0.5) is 10.4 Å². The minimum absolute atomic E-state index is 0.245. The first-order chi connectivity index (χ1) is 8.13. The second kappa shape index (κ2) is 4.95. The predicted octanol–water partition coefficient (Wildman–Crippen LogP) is 2.62. The zero-order valence-electron chi connectivity index (χ0n) is 9.77. The summed E-state index contributed by atoms with van der Waals surface area (Å²) in [5.74, 6) is 0.337. The fourth-order valence-electron chi connectivity index (χ4n) is 1.42. The Bertz CT molecular complexity index is 479. The molecule has 0 unspecified atom stereocenters. The molecule has 1 aromatic heterocycles. The largest absolute Gasteiger partial charge is 0.336 e. The van der Waals surface area contributed by atoms with Crippen molar-refractivity contribution in [2.45, 2.75) is 26.3 Å². The second-order valence-electron chi connectivity index (χ2n) is 4.12. The molecular formula is C12H14FN3O. The first-order valence-electron chi connectivity index (χ1n) is 5.47. The Morgan fingerprint density at radius 3 is 2.65 bits per heavy atom. The smallest absolute Gasteiger partial charge is 0.321 e. The number of hydrogen-bond acceptors (Lipinski definition) is 4. The van der Waals surface area contributed by atoms with Gasteiger partial charge < -0.3 is 9.84 Å². The average Bonchev–Trinajstić information content (AvgIpc) is 2.68. The van der Waals surface area contributed by atoms with Crippen molar-refractivity contribution in [3.05, 3.63) is 41.5 Å². The molecular weight excluding hydrogens is 221 g/mol. The SMILES string of the molecule is CC(C)Nc1nc(Cc2ccc(F)cc2)no1. The van der Waals surface area contributed by atoms with Gasteiger partial charge in [-0.15, -0.1) is 0 Å². The van der Waals surface area contributed by atoms with Crippen LogP contribution in [0.2, 0.25) is 0 Å². The van der Waals surface area contributed by atoms with Crippen molar-refractivity contribution in [3.8, 4) is 0 Å². The van der Waals surface area contributed by atoms with Gasteiger partial charge in [0.2, 0.25) is 0 Å². The molecule has 0 saturated heterocycles. The summed E-state index contributed by atoms with van der Waals surface area (Å²) in [4.78, 5) is 4.19. The van der Waals surface area contributed by atoms with Crippen LogP contribution in [0.25, 0.3) is 0 Å². The molecule has 2 aromatic rings. The van der Waals surface area contributed by atoms with Crippen LogP contribution < -0.4 is 5.32 Å². The first kappa shape index (κ1) is 11.6. The molecule has 0 saturated carbocycles. The minimum Gasteiger partial charge on any atom is -0.336 e. The molecule has 0 aliphatic heterocycles. The van der Waals surface area contributed by atoms with Crippen molar-refractivity contribution in [3.63, 3.8) is 0 Å². The van der Waals surface area contributed by atoms with Crippen molar-refractivity contribution in [1.82, 2.24) is 10.1 Å². The zero-order valence-corrected chi connectivity index (χ0v) is 9.77. The highest BCUT2D eigenvalue weighted by molar-refractivity contribution is 5.23. The number of rotatable bonds is 4. The van der Waals surface area contributed by atoms with E-state index in [2.05, 4.69) is 15.5 Å². The summed E-state index contributed by atoms with van der Waals surface area (Å²) < 4.78 is 17.7. The number of benzene rings is 1. The lowest BCUT2D eigenvalue weighted by Crippen LogP contribution is -2.09. The summed E-state index contributed by atoms with van der Waals surface area (Å²) >= 11 is 0. The lowest BCUT2D eigenvalue weighted by atomic mass is 10.1. The lowest BCUT2D eigenvalue weighted by Gasteiger charge is -2.01. The molecule has 90 valence electrons. The molecule has 2 rings (SSSR count). The van der Waals surface area contributed by atoms with Gasteiger partial charge in [-0.1, -0.05) is 17.3 Å². The van der Waals surface area contributed by atoms with Gasteiger partial charge in [-0.25, -0.2) is 4.39 Å². The number of halogens is 1. The Kier molecular flexibility index (Phi) is 3.37. The van der Waals surface area contributed by atoms with Crippen LogP contribution in [-0.2, 0) is 6.42 Å². The molecule has 0 aliphatic carbocycles. The highest BCUT2D eigenvalue weighted by Crippen LogP contribution is 2.10. The third-order valence-electron chi connectivity index (χ3n) is 2.16. The highest BCUT2D eigenvalue weighted by Gasteiger charge is 2.07. The van der Waals surface area contributed by atoms with E-state index in [9.17, 15) is 4.39 Å². The zero-order chi connectivity index (χ0) is 12.3. The molecule has 4 nitrogen and oxygen atoms in total. The molecule has 5 heteroatoms. The van der Waals surface area contributed by atoms with Gasteiger partial charge in [0.15, 0.2) is 5.82 Å². The van der Waals surface area contributed by atoms with Crippen LogP contribution in [-0.4, -0.2) is 16.2 Å². The van der Waals surface area contributed by atoms with Gasteiger partial charge >= 0.3 is 6.01 Å². The van der Waals surface area contributed by atoms with E-state index < -0.39 is 0 Å².